The second-order valence-corrected chi connectivity index (χ2v) is 8.32. The minimum absolute atomic E-state index is 0.0717. The Morgan fingerprint density at radius 1 is 0.939 bits per heavy atom. The Morgan fingerprint density at radius 3 is 2.21 bits per heavy atom. The van der Waals surface area contributed by atoms with Crippen molar-refractivity contribution in [3.63, 3.8) is 0 Å². The minimum Gasteiger partial charge on any atom is -0.497 e. The maximum absolute atomic E-state index is 12.0. The van der Waals surface area contributed by atoms with Crippen LogP contribution in [0.15, 0.2) is 66.7 Å². The molecule has 166 valence electrons. The number of aromatic amines is 1. The van der Waals surface area contributed by atoms with E-state index in [1.54, 1.807) is 43.5 Å². The quantitative estimate of drug-likeness (QED) is 0.272. The molecule has 8 heteroatoms. The van der Waals surface area contributed by atoms with E-state index in [2.05, 4.69) is 9.97 Å². The summed E-state index contributed by atoms with van der Waals surface area (Å²) >= 11 is 18.3. The number of nitrogens with zero attached hydrogens (tertiary/aromatic N) is 1. The summed E-state index contributed by atoms with van der Waals surface area (Å²) < 4.78 is 5.25. The summed E-state index contributed by atoms with van der Waals surface area (Å²) in [4.78, 5) is 19.9. The number of halogens is 3. The first-order chi connectivity index (χ1) is 15.9. The number of hydrogen-bond donors (Lipinski definition) is 2. The van der Waals surface area contributed by atoms with E-state index in [-0.39, 0.29) is 5.57 Å². The van der Waals surface area contributed by atoms with Crippen molar-refractivity contribution < 1.29 is 14.6 Å². The lowest BCUT2D eigenvalue weighted by Gasteiger charge is -2.06. The molecular formula is C25H17Cl3N2O3. The number of carbonyl (C=O) groups is 1. The van der Waals surface area contributed by atoms with Gasteiger partial charge in [0.25, 0.3) is 0 Å². The molecule has 3 aromatic carbocycles. The molecule has 0 amide bonds. The van der Waals surface area contributed by atoms with Gasteiger partial charge in [-0.3, -0.25) is 0 Å². The molecular weight excluding hydrogens is 483 g/mol. The molecule has 1 heterocycles. The standard InChI is InChI=1S/C25H17Cl3N2O3/c1-33-18-9-4-15(5-10-18)23-24(16-6-11-20(27)21(28)12-16)30-22(29-23)13-19(25(31)32)14-2-7-17(26)8-3-14/h2-13H,1H3,(H,29,30)(H,31,32). The number of H-pyrrole nitrogens is 1. The van der Waals surface area contributed by atoms with Crippen LogP contribution in [0.25, 0.3) is 34.2 Å². The van der Waals surface area contributed by atoms with Crippen LogP contribution in [0.5, 0.6) is 5.75 Å². The van der Waals surface area contributed by atoms with E-state index in [9.17, 15) is 9.90 Å². The van der Waals surface area contributed by atoms with Crippen molar-refractivity contribution in [2.24, 2.45) is 0 Å². The Morgan fingerprint density at radius 2 is 1.61 bits per heavy atom. The third kappa shape index (κ3) is 5.06. The van der Waals surface area contributed by atoms with Crippen molar-refractivity contribution in [1.29, 1.82) is 0 Å². The van der Waals surface area contributed by atoms with E-state index in [0.717, 1.165) is 11.1 Å². The molecule has 0 unspecified atom stereocenters. The van der Waals surface area contributed by atoms with Crippen LogP contribution in [-0.4, -0.2) is 28.2 Å². The van der Waals surface area contributed by atoms with E-state index in [0.29, 0.717) is 43.6 Å². The molecule has 33 heavy (non-hydrogen) atoms. The van der Waals surface area contributed by atoms with Crippen molar-refractivity contribution in [1.82, 2.24) is 9.97 Å². The Balaban J connectivity index is 1.87. The lowest BCUT2D eigenvalue weighted by molar-refractivity contribution is -0.130. The first-order valence-corrected chi connectivity index (χ1v) is 10.9. The van der Waals surface area contributed by atoms with Crippen LogP contribution < -0.4 is 4.74 Å². The Hall–Kier alpha value is -3.25. The van der Waals surface area contributed by atoms with Gasteiger partial charge in [0.1, 0.15) is 11.6 Å². The maximum Gasteiger partial charge on any atom is 0.336 e. The lowest BCUT2D eigenvalue weighted by atomic mass is 10.1. The van der Waals surface area contributed by atoms with Crippen LogP contribution in [0.1, 0.15) is 11.4 Å². The molecule has 0 aliphatic rings. The van der Waals surface area contributed by atoms with Crippen molar-refractivity contribution in [2.45, 2.75) is 0 Å². The van der Waals surface area contributed by atoms with Crippen LogP contribution in [0, 0.1) is 0 Å². The van der Waals surface area contributed by atoms with Gasteiger partial charge in [0.05, 0.1) is 34.1 Å². The topological polar surface area (TPSA) is 75.2 Å². The number of hydrogen-bond acceptors (Lipinski definition) is 3. The molecule has 0 fully saturated rings. The summed E-state index contributed by atoms with van der Waals surface area (Å²) in [6.45, 7) is 0. The molecule has 2 N–H and O–H groups in total. The molecule has 0 radical (unpaired) electrons. The van der Waals surface area contributed by atoms with Crippen molar-refractivity contribution in [3.8, 4) is 28.3 Å². The molecule has 0 aliphatic carbocycles. The Kier molecular flexibility index (Phi) is 6.75. The Labute approximate surface area is 205 Å². The number of ether oxygens (including phenoxy) is 1. The van der Waals surface area contributed by atoms with Gasteiger partial charge in [-0.25, -0.2) is 9.78 Å². The molecule has 0 saturated carbocycles. The van der Waals surface area contributed by atoms with E-state index in [1.165, 1.54) is 6.08 Å². The Bertz CT molecular complexity index is 1340. The molecule has 0 aliphatic heterocycles. The highest BCUT2D eigenvalue weighted by molar-refractivity contribution is 6.42. The number of carboxylic acid groups (broad SMARTS) is 1. The predicted molar refractivity (Wildman–Crippen MR) is 133 cm³/mol. The molecule has 0 saturated heterocycles. The summed E-state index contributed by atoms with van der Waals surface area (Å²) in [7, 11) is 1.60. The average molecular weight is 500 g/mol. The summed E-state index contributed by atoms with van der Waals surface area (Å²) in [5.74, 6) is -0.00424. The van der Waals surface area contributed by atoms with Crippen LogP contribution in [-0.2, 0) is 4.79 Å². The fraction of sp³-hybridized carbons (Fsp3) is 0.0400. The summed E-state index contributed by atoms with van der Waals surface area (Å²) in [6, 6.07) is 19.2. The highest BCUT2D eigenvalue weighted by atomic mass is 35.5. The zero-order valence-electron chi connectivity index (χ0n) is 17.3. The van der Waals surface area contributed by atoms with E-state index in [1.807, 2.05) is 30.3 Å². The highest BCUT2D eigenvalue weighted by Gasteiger charge is 2.17. The molecule has 4 rings (SSSR count). The van der Waals surface area contributed by atoms with Gasteiger partial charge in [-0.15, -0.1) is 0 Å². The van der Waals surface area contributed by atoms with Crippen molar-refractivity contribution in [3.05, 3.63) is 93.2 Å². The maximum atomic E-state index is 12.0. The number of aromatic nitrogens is 2. The number of benzene rings is 3. The summed E-state index contributed by atoms with van der Waals surface area (Å²) in [5, 5.41) is 11.1. The zero-order chi connectivity index (χ0) is 23.5. The molecule has 0 atom stereocenters. The second kappa shape index (κ2) is 9.71. The predicted octanol–water partition coefficient (Wildman–Crippen LogP) is 7.34. The van der Waals surface area contributed by atoms with Gasteiger partial charge in [-0.1, -0.05) is 53.0 Å². The van der Waals surface area contributed by atoms with Gasteiger partial charge in [-0.05, 0) is 60.2 Å². The molecule has 5 nitrogen and oxygen atoms in total. The largest absolute Gasteiger partial charge is 0.497 e. The van der Waals surface area contributed by atoms with E-state index in [4.69, 9.17) is 39.5 Å². The van der Waals surface area contributed by atoms with Gasteiger partial charge < -0.3 is 14.8 Å². The number of methoxy groups -OCH3 is 1. The van der Waals surface area contributed by atoms with E-state index >= 15 is 0 Å². The number of carboxylic acids is 1. The van der Waals surface area contributed by atoms with Gasteiger partial charge in [-0.2, -0.15) is 0 Å². The SMILES string of the molecule is COc1ccc(-c2[nH]c(C=C(C(=O)O)c3ccc(Cl)cc3)nc2-c2ccc(Cl)c(Cl)c2)cc1. The first kappa shape index (κ1) is 22.9. The second-order valence-electron chi connectivity index (χ2n) is 7.07. The molecule has 0 bridgehead atoms. The number of nitrogens with one attached hydrogen (secondary N) is 1. The van der Waals surface area contributed by atoms with Gasteiger partial charge in [0, 0.05) is 16.1 Å². The number of rotatable bonds is 6. The molecule has 4 aromatic rings. The van der Waals surface area contributed by atoms with E-state index < -0.39 is 5.97 Å². The monoisotopic (exact) mass is 498 g/mol. The summed E-state index contributed by atoms with van der Waals surface area (Å²) in [6.07, 6.45) is 1.49. The fourth-order valence-electron chi connectivity index (χ4n) is 3.31. The number of aliphatic carboxylic acids is 1. The molecule has 1 aromatic heterocycles. The van der Waals surface area contributed by atoms with Crippen molar-refractivity contribution >= 4 is 52.4 Å². The fourth-order valence-corrected chi connectivity index (χ4v) is 3.74. The minimum atomic E-state index is -1.09. The van der Waals surface area contributed by atoms with Gasteiger partial charge >= 0.3 is 5.97 Å². The number of imidazole rings is 1. The first-order valence-electron chi connectivity index (χ1n) is 9.76. The zero-order valence-corrected chi connectivity index (χ0v) is 19.5. The van der Waals surface area contributed by atoms with Crippen LogP contribution in [0.3, 0.4) is 0 Å². The van der Waals surface area contributed by atoms with Crippen molar-refractivity contribution in [2.75, 3.05) is 7.11 Å². The highest BCUT2D eigenvalue weighted by Crippen LogP contribution is 2.35. The third-order valence-electron chi connectivity index (χ3n) is 4.96. The molecule has 0 spiro atoms. The average Bonchev–Trinajstić information content (AvgIpc) is 3.24. The smallest absolute Gasteiger partial charge is 0.336 e. The third-order valence-corrected chi connectivity index (χ3v) is 5.95. The normalized spacial score (nSPS) is 11.5. The summed E-state index contributed by atoms with van der Waals surface area (Å²) in [5.41, 5.74) is 3.45. The lowest BCUT2D eigenvalue weighted by Crippen LogP contribution is -2.00. The van der Waals surface area contributed by atoms with Gasteiger partial charge in [0.2, 0.25) is 0 Å². The van der Waals surface area contributed by atoms with Gasteiger partial charge in [0.15, 0.2) is 0 Å². The van der Waals surface area contributed by atoms with Crippen LogP contribution in [0.2, 0.25) is 15.1 Å². The van der Waals surface area contributed by atoms with Crippen LogP contribution in [0.4, 0.5) is 0 Å². The van der Waals surface area contributed by atoms with Crippen LogP contribution >= 0.6 is 34.8 Å².